The maximum atomic E-state index is 14.6. The Labute approximate surface area is 218 Å². The molecule has 0 bridgehead atoms. The van der Waals surface area contributed by atoms with Gasteiger partial charge in [0.15, 0.2) is 0 Å². The molecule has 2 atom stereocenters. The Hall–Kier alpha value is -1.46. The summed E-state index contributed by atoms with van der Waals surface area (Å²) < 4.78 is 156. The average molecular weight is 603 g/mol. The molecule has 1 aliphatic rings. The molecular weight excluding hydrogens is 570 g/mol. The van der Waals surface area contributed by atoms with E-state index in [9.17, 15) is 43.2 Å². The Morgan fingerprint density at radius 3 is 1.82 bits per heavy atom. The van der Waals surface area contributed by atoms with E-state index in [1.807, 2.05) is 0 Å². The molecule has 1 aliphatic carbocycles. The largest absolute Gasteiger partial charge is 0.439 e. The van der Waals surface area contributed by atoms with Crippen LogP contribution in [0.2, 0.25) is 0 Å². The van der Waals surface area contributed by atoms with E-state index in [0.717, 1.165) is 0 Å². The summed E-state index contributed by atoms with van der Waals surface area (Å²) in [5.41, 5.74) is -3.29. The monoisotopic (exact) mass is 602 g/mol. The maximum absolute atomic E-state index is 14.6. The molecule has 0 aliphatic heterocycles. The number of hydrogen-bond donors (Lipinski definition) is 1. The molecular formula is C22H32F6O8S2. The lowest BCUT2D eigenvalue weighted by Gasteiger charge is -2.41. The molecule has 38 heavy (non-hydrogen) atoms. The number of rotatable bonds is 11. The number of ether oxygens (including phenoxy) is 2. The first kappa shape index (κ1) is 34.6. The molecule has 0 saturated heterocycles. The van der Waals surface area contributed by atoms with Crippen molar-refractivity contribution < 1.29 is 61.4 Å². The fraction of sp³-hybridized carbons (Fsp3) is 0.727. The molecule has 0 spiro atoms. The molecule has 1 unspecified atom stereocenters. The highest BCUT2D eigenvalue weighted by Crippen LogP contribution is 2.52. The minimum absolute atomic E-state index is 0.179. The first-order chi connectivity index (χ1) is 16.5. The van der Waals surface area contributed by atoms with Crippen LogP contribution in [0.4, 0.5) is 26.3 Å². The molecule has 0 saturated carbocycles. The van der Waals surface area contributed by atoms with E-state index >= 15 is 0 Å². The predicted molar refractivity (Wildman–Crippen MR) is 126 cm³/mol. The second kappa shape index (κ2) is 10.5. The molecule has 222 valence electrons. The number of alkyl halides is 6. The van der Waals surface area contributed by atoms with Gasteiger partial charge in [-0.05, 0) is 52.7 Å². The zero-order chi connectivity index (χ0) is 30.4. The van der Waals surface area contributed by atoms with Crippen molar-refractivity contribution in [3.05, 3.63) is 36.0 Å². The van der Waals surface area contributed by atoms with E-state index in [0.29, 0.717) is 5.57 Å². The SMILES string of the molecule is C=CC1=C[C@](C)(COC(C)(C)C)C(OS(=O)(=O)C(F)(F)C(F)(F)C(F)(F)S(=O)(=O)O)C(COC(C)(C)C)=C1. The van der Waals surface area contributed by atoms with Gasteiger partial charge in [0.25, 0.3) is 0 Å². The Morgan fingerprint density at radius 1 is 0.947 bits per heavy atom. The van der Waals surface area contributed by atoms with Crippen molar-refractivity contribution in [3.8, 4) is 0 Å². The van der Waals surface area contributed by atoms with Gasteiger partial charge in [0.2, 0.25) is 0 Å². The highest BCUT2D eigenvalue weighted by Gasteiger charge is 2.83. The lowest BCUT2D eigenvalue weighted by molar-refractivity contribution is -0.248. The van der Waals surface area contributed by atoms with Crippen molar-refractivity contribution in [1.29, 1.82) is 0 Å². The van der Waals surface area contributed by atoms with Crippen molar-refractivity contribution in [2.24, 2.45) is 5.41 Å². The van der Waals surface area contributed by atoms with Crippen LogP contribution in [0.15, 0.2) is 36.0 Å². The lowest BCUT2D eigenvalue weighted by atomic mass is 9.75. The van der Waals surface area contributed by atoms with Gasteiger partial charge in [0.1, 0.15) is 6.10 Å². The van der Waals surface area contributed by atoms with E-state index in [2.05, 4.69) is 10.8 Å². The van der Waals surface area contributed by atoms with Gasteiger partial charge in [-0.3, -0.25) is 8.74 Å². The van der Waals surface area contributed by atoms with Crippen molar-refractivity contribution >= 4 is 20.2 Å². The maximum Gasteiger partial charge on any atom is 0.439 e. The quantitative estimate of drug-likeness (QED) is 0.197. The zero-order valence-corrected chi connectivity index (χ0v) is 23.5. The highest BCUT2D eigenvalue weighted by molar-refractivity contribution is 7.88. The molecule has 1 rings (SSSR count). The van der Waals surface area contributed by atoms with Gasteiger partial charge < -0.3 is 9.47 Å². The number of allylic oxidation sites excluding steroid dienone is 3. The van der Waals surface area contributed by atoms with E-state index in [1.165, 1.54) is 25.2 Å². The average Bonchev–Trinajstić information content (AvgIpc) is 2.70. The summed E-state index contributed by atoms with van der Waals surface area (Å²) >= 11 is 0. The smallest absolute Gasteiger partial charge is 0.375 e. The third-order valence-electron chi connectivity index (χ3n) is 5.10. The number of hydrogen-bond acceptors (Lipinski definition) is 7. The molecule has 0 amide bonds. The third-order valence-corrected chi connectivity index (χ3v) is 7.33. The standard InChI is InChI=1S/C22H32F6O8S2/c1-9-14-10-15(12-34-17(2,3)4)16(19(8,11-14)13-35-18(5,6)7)36-38(32,33)22(27,28)20(23,24)21(25,26)37(29,30)31/h9-11,16H,1,12-13H2,2-8H3,(H,29,30,31)/t16?,19-/m1/s1. The van der Waals surface area contributed by atoms with E-state index < -0.39 is 72.6 Å². The van der Waals surface area contributed by atoms with Gasteiger partial charge in [-0.1, -0.05) is 31.7 Å². The van der Waals surface area contributed by atoms with Crippen molar-refractivity contribution in [2.45, 2.75) is 82.2 Å². The summed E-state index contributed by atoms with van der Waals surface area (Å²) in [7, 11) is -14.2. The van der Waals surface area contributed by atoms with Crippen molar-refractivity contribution in [2.75, 3.05) is 13.2 Å². The van der Waals surface area contributed by atoms with E-state index in [1.54, 1.807) is 41.5 Å². The second-order valence-corrected chi connectivity index (χ2v) is 14.0. The van der Waals surface area contributed by atoms with Gasteiger partial charge >= 0.3 is 36.7 Å². The molecule has 0 aromatic heterocycles. The van der Waals surface area contributed by atoms with Crippen LogP contribution >= 0.6 is 0 Å². The van der Waals surface area contributed by atoms with Crippen LogP contribution < -0.4 is 0 Å². The lowest BCUT2D eigenvalue weighted by Crippen LogP contribution is -2.61. The van der Waals surface area contributed by atoms with Gasteiger partial charge in [0.05, 0.1) is 24.4 Å². The molecule has 0 heterocycles. The fourth-order valence-electron chi connectivity index (χ4n) is 3.08. The van der Waals surface area contributed by atoms with E-state index in [-0.39, 0.29) is 5.57 Å². The first-order valence-electron chi connectivity index (χ1n) is 10.9. The van der Waals surface area contributed by atoms with Gasteiger partial charge in [-0.15, -0.1) is 0 Å². The van der Waals surface area contributed by atoms with E-state index in [4.69, 9.17) is 14.0 Å². The summed E-state index contributed by atoms with van der Waals surface area (Å²) in [6, 6.07) is 0. The molecule has 0 aromatic carbocycles. The molecule has 0 radical (unpaired) electrons. The van der Waals surface area contributed by atoms with Gasteiger partial charge in [-0.25, -0.2) is 0 Å². The van der Waals surface area contributed by atoms with Crippen LogP contribution in [0.3, 0.4) is 0 Å². The van der Waals surface area contributed by atoms with Crippen LogP contribution in [-0.2, 0) is 33.9 Å². The van der Waals surface area contributed by atoms with Gasteiger partial charge in [0, 0.05) is 5.41 Å². The van der Waals surface area contributed by atoms with Crippen LogP contribution in [0.1, 0.15) is 48.5 Å². The van der Waals surface area contributed by atoms with Gasteiger partial charge in [-0.2, -0.15) is 43.2 Å². The van der Waals surface area contributed by atoms with Crippen LogP contribution in [0.5, 0.6) is 0 Å². The Kier molecular flexibility index (Phi) is 9.55. The third kappa shape index (κ3) is 7.18. The number of halogens is 6. The zero-order valence-electron chi connectivity index (χ0n) is 21.8. The molecule has 8 nitrogen and oxygen atoms in total. The summed E-state index contributed by atoms with van der Waals surface area (Å²) in [6.07, 6.45) is 1.77. The Bertz CT molecular complexity index is 1180. The summed E-state index contributed by atoms with van der Waals surface area (Å²) in [5.74, 6) is -7.15. The summed E-state index contributed by atoms with van der Waals surface area (Å²) in [5, 5.41) is -13.7. The normalized spacial score (nSPS) is 22.6. The topological polar surface area (TPSA) is 116 Å². The minimum atomic E-state index is -7.19. The Morgan fingerprint density at radius 2 is 1.42 bits per heavy atom. The summed E-state index contributed by atoms with van der Waals surface area (Å²) in [4.78, 5) is 0. The molecule has 16 heteroatoms. The van der Waals surface area contributed by atoms with Crippen LogP contribution in [-0.4, -0.2) is 68.3 Å². The second-order valence-electron chi connectivity index (χ2n) is 10.9. The summed E-state index contributed by atoms with van der Waals surface area (Å²) in [6.45, 7) is 13.6. The van der Waals surface area contributed by atoms with Crippen molar-refractivity contribution in [1.82, 2.24) is 0 Å². The Balaban J connectivity index is 3.74. The molecule has 1 N–H and O–H groups in total. The van der Waals surface area contributed by atoms with Crippen LogP contribution in [0.25, 0.3) is 0 Å². The predicted octanol–water partition coefficient (Wildman–Crippen LogP) is 5.10. The van der Waals surface area contributed by atoms with Crippen LogP contribution in [0, 0.1) is 5.41 Å². The molecule has 0 aromatic rings. The van der Waals surface area contributed by atoms with Crippen molar-refractivity contribution in [3.63, 3.8) is 0 Å². The minimum Gasteiger partial charge on any atom is -0.375 e. The fourth-order valence-corrected chi connectivity index (χ4v) is 4.76. The highest BCUT2D eigenvalue weighted by atomic mass is 32.2. The first-order valence-corrected chi connectivity index (χ1v) is 13.8. The molecule has 0 fully saturated rings.